The Labute approximate surface area is 107 Å². The van der Waals surface area contributed by atoms with Gasteiger partial charge in [0.25, 0.3) is 0 Å². The standard InChI is InChI=1S/C14H30N2O/c1-12(2)6-7-16-11-14(3,4)10-15(5)8-13(16)9-17/h12-13,17H,6-11H2,1-5H3. The Morgan fingerprint density at radius 3 is 2.47 bits per heavy atom. The zero-order chi connectivity index (χ0) is 13.1. The molecule has 0 aromatic carbocycles. The number of aliphatic hydroxyl groups excluding tert-OH is 1. The zero-order valence-corrected chi connectivity index (χ0v) is 12.2. The van der Waals surface area contributed by atoms with Gasteiger partial charge in [0.15, 0.2) is 0 Å². The summed E-state index contributed by atoms with van der Waals surface area (Å²) in [5, 5.41) is 9.57. The van der Waals surface area contributed by atoms with Crippen molar-refractivity contribution in [1.29, 1.82) is 0 Å². The van der Waals surface area contributed by atoms with Crippen LogP contribution in [0.4, 0.5) is 0 Å². The van der Waals surface area contributed by atoms with Gasteiger partial charge in [-0.2, -0.15) is 0 Å². The molecule has 1 heterocycles. The smallest absolute Gasteiger partial charge is 0.0599 e. The van der Waals surface area contributed by atoms with Crippen molar-refractivity contribution < 1.29 is 5.11 Å². The SMILES string of the molecule is CC(C)CCN1CC(C)(C)CN(C)CC1CO. The third-order valence-electron chi connectivity index (χ3n) is 3.57. The van der Waals surface area contributed by atoms with E-state index < -0.39 is 0 Å². The van der Waals surface area contributed by atoms with Crippen LogP contribution in [0.25, 0.3) is 0 Å². The average molecular weight is 242 g/mol. The van der Waals surface area contributed by atoms with Crippen molar-refractivity contribution in [3.05, 3.63) is 0 Å². The molecule has 1 saturated heterocycles. The Bertz CT molecular complexity index is 228. The highest BCUT2D eigenvalue weighted by Crippen LogP contribution is 2.24. The molecule has 1 N–H and O–H groups in total. The van der Waals surface area contributed by atoms with Crippen LogP contribution in [-0.2, 0) is 0 Å². The molecule has 0 aromatic heterocycles. The second-order valence-corrected chi connectivity index (χ2v) is 6.85. The number of rotatable bonds is 4. The van der Waals surface area contributed by atoms with Gasteiger partial charge in [0.05, 0.1) is 6.61 Å². The summed E-state index contributed by atoms with van der Waals surface area (Å²) in [6, 6.07) is 0.306. The predicted molar refractivity (Wildman–Crippen MR) is 73.2 cm³/mol. The van der Waals surface area contributed by atoms with Crippen molar-refractivity contribution in [3.63, 3.8) is 0 Å². The van der Waals surface area contributed by atoms with Gasteiger partial charge in [0.1, 0.15) is 0 Å². The summed E-state index contributed by atoms with van der Waals surface area (Å²) in [6.07, 6.45) is 1.22. The van der Waals surface area contributed by atoms with Crippen LogP contribution in [0.2, 0.25) is 0 Å². The molecule has 0 aliphatic carbocycles. The summed E-state index contributed by atoms with van der Waals surface area (Å²) in [5.41, 5.74) is 0.315. The van der Waals surface area contributed by atoms with Crippen LogP contribution >= 0.6 is 0 Å². The molecule has 0 saturated carbocycles. The number of hydrogen-bond donors (Lipinski definition) is 1. The monoisotopic (exact) mass is 242 g/mol. The van der Waals surface area contributed by atoms with E-state index in [9.17, 15) is 5.11 Å². The van der Waals surface area contributed by atoms with Crippen LogP contribution in [0.5, 0.6) is 0 Å². The first kappa shape index (κ1) is 14.9. The maximum atomic E-state index is 9.57. The van der Waals surface area contributed by atoms with E-state index in [1.807, 2.05) is 0 Å². The lowest BCUT2D eigenvalue weighted by Crippen LogP contribution is -2.44. The number of likely N-dealkylation sites (N-methyl/N-ethyl adjacent to an activating group) is 1. The van der Waals surface area contributed by atoms with Gasteiger partial charge in [0.2, 0.25) is 0 Å². The Hall–Kier alpha value is -0.120. The predicted octanol–water partition coefficient (Wildman–Crippen LogP) is 1.67. The van der Waals surface area contributed by atoms with Gasteiger partial charge in [0, 0.05) is 25.7 Å². The molecule has 102 valence electrons. The average Bonchev–Trinajstić information content (AvgIpc) is 2.30. The van der Waals surface area contributed by atoms with Gasteiger partial charge in [-0.3, -0.25) is 4.90 Å². The van der Waals surface area contributed by atoms with Crippen LogP contribution in [0.3, 0.4) is 0 Å². The Morgan fingerprint density at radius 2 is 1.94 bits per heavy atom. The Morgan fingerprint density at radius 1 is 1.29 bits per heavy atom. The fourth-order valence-electron chi connectivity index (χ4n) is 2.86. The summed E-state index contributed by atoms with van der Waals surface area (Å²) in [5.74, 6) is 0.735. The minimum Gasteiger partial charge on any atom is -0.395 e. The summed E-state index contributed by atoms with van der Waals surface area (Å²) >= 11 is 0. The number of hydrogen-bond acceptors (Lipinski definition) is 3. The molecule has 0 radical (unpaired) electrons. The first-order valence-electron chi connectivity index (χ1n) is 6.87. The molecular weight excluding hydrogens is 212 g/mol. The van der Waals surface area contributed by atoms with Crippen molar-refractivity contribution in [2.45, 2.75) is 40.2 Å². The minimum absolute atomic E-state index is 0.276. The fraction of sp³-hybridized carbons (Fsp3) is 1.00. The highest BCUT2D eigenvalue weighted by atomic mass is 16.3. The van der Waals surface area contributed by atoms with Crippen molar-refractivity contribution in [1.82, 2.24) is 9.80 Å². The molecule has 0 spiro atoms. The van der Waals surface area contributed by atoms with Gasteiger partial charge in [-0.15, -0.1) is 0 Å². The van der Waals surface area contributed by atoms with Gasteiger partial charge in [-0.05, 0) is 31.3 Å². The first-order valence-corrected chi connectivity index (χ1v) is 6.87. The molecule has 1 unspecified atom stereocenters. The molecule has 1 aliphatic rings. The van der Waals surface area contributed by atoms with E-state index in [4.69, 9.17) is 0 Å². The second-order valence-electron chi connectivity index (χ2n) is 6.85. The summed E-state index contributed by atoms with van der Waals surface area (Å²) in [7, 11) is 2.16. The minimum atomic E-state index is 0.276. The number of nitrogens with zero attached hydrogens (tertiary/aromatic N) is 2. The molecule has 3 heteroatoms. The maximum Gasteiger partial charge on any atom is 0.0599 e. The zero-order valence-electron chi connectivity index (χ0n) is 12.2. The third kappa shape index (κ3) is 4.94. The van der Waals surface area contributed by atoms with Gasteiger partial charge in [-0.1, -0.05) is 27.7 Å². The van der Waals surface area contributed by atoms with E-state index in [1.165, 1.54) is 6.42 Å². The van der Waals surface area contributed by atoms with Gasteiger partial charge >= 0.3 is 0 Å². The van der Waals surface area contributed by atoms with Gasteiger partial charge in [-0.25, -0.2) is 0 Å². The molecule has 0 aromatic rings. The van der Waals surface area contributed by atoms with E-state index in [0.29, 0.717) is 11.5 Å². The summed E-state index contributed by atoms with van der Waals surface area (Å²) in [4.78, 5) is 4.85. The normalized spacial score (nSPS) is 27.4. The van der Waals surface area contributed by atoms with Crippen LogP contribution in [0.15, 0.2) is 0 Å². The van der Waals surface area contributed by atoms with Gasteiger partial charge < -0.3 is 10.0 Å². The summed E-state index contributed by atoms with van der Waals surface area (Å²) < 4.78 is 0. The topological polar surface area (TPSA) is 26.7 Å². The second kappa shape index (κ2) is 6.17. The highest BCUT2D eigenvalue weighted by Gasteiger charge is 2.32. The lowest BCUT2D eigenvalue weighted by molar-refractivity contribution is 0.0997. The van der Waals surface area contributed by atoms with Crippen LogP contribution in [0.1, 0.15) is 34.1 Å². The van der Waals surface area contributed by atoms with Crippen LogP contribution < -0.4 is 0 Å². The molecule has 0 bridgehead atoms. The van der Waals surface area contributed by atoms with E-state index in [2.05, 4.69) is 44.5 Å². The first-order chi connectivity index (χ1) is 7.84. The summed E-state index contributed by atoms with van der Waals surface area (Å²) in [6.45, 7) is 13.8. The lowest BCUT2D eigenvalue weighted by Gasteiger charge is -2.33. The molecule has 1 aliphatic heterocycles. The molecule has 1 fully saturated rings. The van der Waals surface area contributed by atoms with E-state index in [0.717, 1.165) is 32.1 Å². The maximum absolute atomic E-state index is 9.57. The largest absolute Gasteiger partial charge is 0.395 e. The third-order valence-corrected chi connectivity index (χ3v) is 3.57. The van der Waals surface area contributed by atoms with E-state index in [1.54, 1.807) is 0 Å². The Kier molecular flexibility index (Phi) is 5.42. The molecule has 1 atom stereocenters. The molecule has 1 rings (SSSR count). The lowest BCUT2D eigenvalue weighted by atomic mass is 9.92. The quantitative estimate of drug-likeness (QED) is 0.812. The molecule has 3 nitrogen and oxygen atoms in total. The highest BCUT2D eigenvalue weighted by molar-refractivity contribution is 4.86. The van der Waals surface area contributed by atoms with E-state index in [-0.39, 0.29) is 6.61 Å². The molecular formula is C14H30N2O. The van der Waals surface area contributed by atoms with Crippen molar-refractivity contribution in [2.24, 2.45) is 11.3 Å². The van der Waals surface area contributed by atoms with Crippen LogP contribution in [0, 0.1) is 11.3 Å². The molecule has 17 heavy (non-hydrogen) atoms. The van der Waals surface area contributed by atoms with E-state index >= 15 is 0 Å². The molecule has 0 amide bonds. The number of aliphatic hydroxyl groups is 1. The fourth-order valence-corrected chi connectivity index (χ4v) is 2.86. The van der Waals surface area contributed by atoms with Crippen molar-refractivity contribution >= 4 is 0 Å². The van der Waals surface area contributed by atoms with Crippen molar-refractivity contribution in [3.8, 4) is 0 Å². The van der Waals surface area contributed by atoms with Crippen LogP contribution in [-0.4, -0.2) is 60.8 Å². The van der Waals surface area contributed by atoms with Crippen molar-refractivity contribution in [2.75, 3.05) is 39.8 Å². The Balaban J connectivity index is 2.67.